The minimum absolute atomic E-state index is 1.07. The first-order chi connectivity index (χ1) is 17.2. The summed E-state index contributed by atoms with van der Waals surface area (Å²) in [5, 5.41) is 2.76. The largest absolute Gasteiger partial charge is 0.0958 e. The van der Waals surface area contributed by atoms with Crippen molar-refractivity contribution in [1.29, 1.82) is 0 Å². The van der Waals surface area contributed by atoms with Crippen LogP contribution in [0.2, 0.25) is 0 Å². The number of hydrogen-bond donors (Lipinski definition) is 0. The maximum Gasteiger partial charge on any atom is -0.0117 e. The second-order valence-electron chi connectivity index (χ2n) is 10.9. The van der Waals surface area contributed by atoms with Gasteiger partial charge in [0.05, 0.1) is 0 Å². The van der Waals surface area contributed by atoms with Crippen molar-refractivity contribution in [3.63, 3.8) is 0 Å². The van der Waals surface area contributed by atoms with E-state index in [0.717, 1.165) is 19.3 Å². The standard InChI is InChI=1S/C36H42/c1-23(2)28(7)32(15-10-9-12-30-13-11-14-31-22-24(3)16-20-34(30)31)33-21-19-27(6)36(29(33)8)35-25(4)17-18-26(35)5/h11,13-14,16-17,19-22H,1,9-10,12,15,18H2,2-8H3/b32-28+. The number of allylic oxidation sites excluding steroid dienone is 7. The highest BCUT2D eigenvalue weighted by atomic mass is 14.2. The quantitative estimate of drug-likeness (QED) is 0.225. The highest BCUT2D eigenvalue weighted by molar-refractivity contribution is 5.89. The van der Waals surface area contributed by atoms with Crippen LogP contribution in [0.1, 0.15) is 86.8 Å². The molecule has 0 saturated heterocycles. The smallest absolute Gasteiger partial charge is 0.0117 e. The number of fused-ring (bicyclic) bond motifs is 1. The van der Waals surface area contributed by atoms with Crippen LogP contribution in [-0.4, -0.2) is 0 Å². The Labute approximate surface area is 219 Å². The topological polar surface area (TPSA) is 0 Å². The molecule has 186 valence electrons. The van der Waals surface area contributed by atoms with E-state index in [2.05, 4.69) is 110 Å². The number of benzene rings is 3. The molecule has 0 fully saturated rings. The van der Waals surface area contributed by atoms with Crippen molar-refractivity contribution < 1.29 is 0 Å². The predicted molar refractivity (Wildman–Crippen MR) is 161 cm³/mol. The summed E-state index contributed by atoms with van der Waals surface area (Å²) in [5.41, 5.74) is 16.8. The summed E-state index contributed by atoms with van der Waals surface area (Å²) in [7, 11) is 0. The summed E-state index contributed by atoms with van der Waals surface area (Å²) in [4.78, 5) is 0. The van der Waals surface area contributed by atoms with Crippen LogP contribution >= 0.6 is 0 Å². The Balaban J connectivity index is 1.61. The summed E-state index contributed by atoms with van der Waals surface area (Å²) >= 11 is 0. The highest BCUT2D eigenvalue weighted by Crippen LogP contribution is 2.40. The molecule has 0 spiro atoms. The molecule has 3 aromatic rings. The summed E-state index contributed by atoms with van der Waals surface area (Å²) in [5.74, 6) is 0. The number of rotatable bonds is 8. The number of aryl methyl sites for hydroxylation is 3. The highest BCUT2D eigenvalue weighted by Gasteiger charge is 2.20. The molecule has 0 bridgehead atoms. The lowest BCUT2D eigenvalue weighted by Gasteiger charge is -2.21. The lowest BCUT2D eigenvalue weighted by molar-refractivity contribution is 0.755. The normalized spacial score (nSPS) is 14.4. The first kappa shape index (κ1) is 26.0. The summed E-state index contributed by atoms with van der Waals surface area (Å²) < 4.78 is 0. The molecule has 0 heterocycles. The fraction of sp³-hybridized carbons (Fsp3) is 0.333. The van der Waals surface area contributed by atoms with Gasteiger partial charge >= 0.3 is 0 Å². The second-order valence-corrected chi connectivity index (χ2v) is 10.9. The molecule has 36 heavy (non-hydrogen) atoms. The van der Waals surface area contributed by atoms with Crippen molar-refractivity contribution in [3.8, 4) is 0 Å². The molecule has 0 heteroatoms. The van der Waals surface area contributed by atoms with E-state index in [4.69, 9.17) is 0 Å². The van der Waals surface area contributed by atoms with E-state index in [9.17, 15) is 0 Å². The lowest BCUT2D eigenvalue weighted by Crippen LogP contribution is -2.02. The molecule has 1 aliphatic carbocycles. The monoisotopic (exact) mass is 474 g/mol. The fourth-order valence-electron chi connectivity index (χ4n) is 5.90. The van der Waals surface area contributed by atoms with Gasteiger partial charge in [0.15, 0.2) is 0 Å². The molecule has 0 aromatic heterocycles. The zero-order valence-electron chi connectivity index (χ0n) is 23.4. The van der Waals surface area contributed by atoms with Crippen LogP contribution in [0, 0.1) is 20.8 Å². The summed E-state index contributed by atoms with van der Waals surface area (Å²) in [6.45, 7) is 20.0. The van der Waals surface area contributed by atoms with Gasteiger partial charge < -0.3 is 0 Å². The Morgan fingerprint density at radius 2 is 1.67 bits per heavy atom. The summed E-state index contributed by atoms with van der Waals surface area (Å²) in [6, 6.07) is 18.3. The molecule has 0 nitrogen and oxygen atoms in total. The molecule has 0 N–H and O–H groups in total. The van der Waals surface area contributed by atoms with E-state index in [0.29, 0.717) is 0 Å². The van der Waals surface area contributed by atoms with Gasteiger partial charge in [-0.25, -0.2) is 0 Å². The molecule has 0 amide bonds. The second kappa shape index (κ2) is 10.9. The van der Waals surface area contributed by atoms with Gasteiger partial charge in [-0.2, -0.15) is 0 Å². The van der Waals surface area contributed by atoms with E-state index in [1.54, 1.807) is 0 Å². The van der Waals surface area contributed by atoms with Gasteiger partial charge in [0, 0.05) is 0 Å². The van der Waals surface area contributed by atoms with Crippen LogP contribution in [0.4, 0.5) is 0 Å². The number of hydrogen-bond acceptors (Lipinski definition) is 0. The minimum Gasteiger partial charge on any atom is -0.0958 e. The van der Waals surface area contributed by atoms with E-state index >= 15 is 0 Å². The Hall–Kier alpha value is -3.12. The van der Waals surface area contributed by atoms with E-state index in [1.807, 2.05) is 0 Å². The molecule has 0 saturated carbocycles. The Morgan fingerprint density at radius 1 is 0.889 bits per heavy atom. The maximum absolute atomic E-state index is 4.31. The SMILES string of the molecule is C=C(C)/C(C)=C(\CCCCc1cccc2cc(C)ccc12)c1ccc(C)c(C2=C(C)CC=C2C)c1C. The Morgan fingerprint density at radius 3 is 2.36 bits per heavy atom. The number of unbranched alkanes of at least 4 members (excludes halogenated alkanes) is 1. The van der Waals surface area contributed by atoms with Gasteiger partial charge in [-0.05, 0) is 141 Å². The third kappa shape index (κ3) is 5.19. The average molecular weight is 475 g/mol. The molecule has 4 rings (SSSR count). The van der Waals surface area contributed by atoms with Gasteiger partial charge in [-0.15, -0.1) is 0 Å². The zero-order chi connectivity index (χ0) is 26.0. The van der Waals surface area contributed by atoms with Crippen LogP contribution in [0.15, 0.2) is 83.5 Å². The van der Waals surface area contributed by atoms with Crippen molar-refractivity contribution in [2.45, 2.75) is 80.6 Å². The van der Waals surface area contributed by atoms with Crippen LogP contribution in [0.5, 0.6) is 0 Å². The molecule has 0 atom stereocenters. The average Bonchev–Trinajstić information content (AvgIpc) is 3.17. The van der Waals surface area contributed by atoms with Gasteiger partial charge in [0.1, 0.15) is 0 Å². The third-order valence-electron chi connectivity index (χ3n) is 8.13. The van der Waals surface area contributed by atoms with Gasteiger partial charge in [-0.3, -0.25) is 0 Å². The van der Waals surface area contributed by atoms with Crippen LogP contribution in [0.3, 0.4) is 0 Å². The van der Waals surface area contributed by atoms with Crippen LogP contribution < -0.4 is 0 Å². The predicted octanol–water partition coefficient (Wildman–Crippen LogP) is 10.7. The van der Waals surface area contributed by atoms with E-state index in [1.165, 1.54) is 90.4 Å². The van der Waals surface area contributed by atoms with Crippen molar-refractivity contribution in [3.05, 3.63) is 117 Å². The molecule has 0 unspecified atom stereocenters. The van der Waals surface area contributed by atoms with Gasteiger partial charge in [-0.1, -0.05) is 77.9 Å². The molecule has 3 aromatic carbocycles. The minimum atomic E-state index is 1.07. The summed E-state index contributed by atoms with van der Waals surface area (Å²) in [6.07, 6.45) is 8.01. The molecular weight excluding hydrogens is 432 g/mol. The zero-order valence-corrected chi connectivity index (χ0v) is 23.4. The van der Waals surface area contributed by atoms with Crippen molar-refractivity contribution in [2.24, 2.45) is 0 Å². The van der Waals surface area contributed by atoms with Crippen molar-refractivity contribution >= 4 is 21.9 Å². The lowest BCUT2D eigenvalue weighted by atomic mass is 9.83. The van der Waals surface area contributed by atoms with E-state index in [-0.39, 0.29) is 0 Å². The van der Waals surface area contributed by atoms with Crippen molar-refractivity contribution in [1.82, 2.24) is 0 Å². The van der Waals surface area contributed by atoms with Gasteiger partial charge in [0.2, 0.25) is 0 Å². The fourth-order valence-corrected chi connectivity index (χ4v) is 5.90. The van der Waals surface area contributed by atoms with Gasteiger partial charge in [0.25, 0.3) is 0 Å². The molecular formula is C36H42. The van der Waals surface area contributed by atoms with Crippen molar-refractivity contribution in [2.75, 3.05) is 0 Å². The molecule has 0 radical (unpaired) electrons. The molecule has 0 aliphatic heterocycles. The van der Waals surface area contributed by atoms with E-state index < -0.39 is 0 Å². The molecule has 1 aliphatic rings. The third-order valence-corrected chi connectivity index (χ3v) is 8.13. The Bertz CT molecular complexity index is 1420. The first-order valence-corrected chi connectivity index (χ1v) is 13.5. The Kier molecular flexibility index (Phi) is 7.84. The first-order valence-electron chi connectivity index (χ1n) is 13.5. The van der Waals surface area contributed by atoms with Crippen LogP contribution in [0.25, 0.3) is 21.9 Å². The maximum atomic E-state index is 4.31. The van der Waals surface area contributed by atoms with Crippen LogP contribution in [-0.2, 0) is 6.42 Å².